The number of nitrogens with zero attached hydrogens (tertiary/aromatic N) is 2. The van der Waals surface area contributed by atoms with Crippen LogP contribution in [0.15, 0.2) is 12.4 Å². The molecule has 3 N–H and O–H groups in total. The summed E-state index contributed by atoms with van der Waals surface area (Å²) in [4.78, 5) is 11.9. The number of aliphatic hydroxyl groups is 1. The monoisotopic (exact) mass is 310 g/mol. The van der Waals surface area contributed by atoms with Crippen LogP contribution in [0.4, 0.5) is 10.5 Å². The molecule has 0 aliphatic carbocycles. The first-order valence-electron chi connectivity index (χ1n) is 7.97. The van der Waals surface area contributed by atoms with Crippen LogP contribution in [0, 0.1) is 11.8 Å². The van der Waals surface area contributed by atoms with Crippen LogP contribution in [-0.2, 0) is 6.54 Å². The van der Waals surface area contributed by atoms with E-state index in [-0.39, 0.29) is 12.6 Å². The summed E-state index contributed by atoms with van der Waals surface area (Å²) in [6, 6.07) is -0.325. The Morgan fingerprint density at radius 3 is 2.64 bits per heavy atom. The van der Waals surface area contributed by atoms with E-state index in [1.165, 1.54) is 0 Å². The van der Waals surface area contributed by atoms with Gasteiger partial charge >= 0.3 is 6.03 Å². The molecule has 0 saturated heterocycles. The molecule has 0 radical (unpaired) electrons. The van der Waals surface area contributed by atoms with Crippen LogP contribution < -0.4 is 10.6 Å². The summed E-state index contributed by atoms with van der Waals surface area (Å²) < 4.78 is 1.80. The van der Waals surface area contributed by atoms with Gasteiger partial charge in [-0.25, -0.2) is 4.79 Å². The fourth-order valence-corrected chi connectivity index (χ4v) is 2.04. The molecule has 1 heterocycles. The molecule has 1 unspecified atom stereocenters. The van der Waals surface area contributed by atoms with Crippen molar-refractivity contribution in [3.05, 3.63) is 12.4 Å². The second kappa shape index (κ2) is 8.17. The highest BCUT2D eigenvalue weighted by Gasteiger charge is 2.21. The second-order valence-electron chi connectivity index (χ2n) is 7.08. The summed E-state index contributed by atoms with van der Waals surface area (Å²) in [5.74, 6) is 1.03. The van der Waals surface area contributed by atoms with Crippen molar-refractivity contribution in [2.75, 3.05) is 11.9 Å². The molecule has 1 aromatic rings. The summed E-state index contributed by atoms with van der Waals surface area (Å²) in [6.45, 7) is 11.2. The first kappa shape index (κ1) is 18.5. The Balaban J connectivity index is 2.38. The summed E-state index contributed by atoms with van der Waals surface area (Å²) >= 11 is 0. The molecule has 0 spiro atoms. The SMILES string of the molecule is CC(C)CCC(C)(O)CNC(=O)Nc1cnn(CC(C)C)c1. The Bertz CT molecular complexity index is 466. The molecule has 1 aromatic heterocycles. The Labute approximate surface area is 133 Å². The van der Waals surface area contributed by atoms with Gasteiger partial charge in [-0.05, 0) is 31.6 Å². The van der Waals surface area contributed by atoms with Gasteiger partial charge in [-0.15, -0.1) is 0 Å². The van der Waals surface area contributed by atoms with Crippen molar-refractivity contribution in [3.63, 3.8) is 0 Å². The van der Waals surface area contributed by atoms with Gasteiger partial charge in [0.1, 0.15) is 0 Å². The number of anilines is 1. The zero-order valence-electron chi connectivity index (χ0n) is 14.4. The maximum atomic E-state index is 11.9. The zero-order valence-corrected chi connectivity index (χ0v) is 14.4. The molecule has 0 saturated carbocycles. The van der Waals surface area contributed by atoms with Crippen molar-refractivity contribution in [2.24, 2.45) is 11.8 Å². The van der Waals surface area contributed by atoms with E-state index in [4.69, 9.17) is 0 Å². The predicted octanol–water partition coefficient (Wildman–Crippen LogP) is 2.85. The minimum atomic E-state index is -0.885. The topological polar surface area (TPSA) is 79.2 Å². The first-order valence-corrected chi connectivity index (χ1v) is 7.97. The van der Waals surface area contributed by atoms with E-state index in [1.54, 1.807) is 24.0 Å². The van der Waals surface area contributed by atoms with Crippen LogP contribution in [-0.4, -0.2) is 33.1 Å². The highest BCUT2D eigenvalue weighted by atomic mass is 16.3. The van der Waals surface area contributed by atoms with Gasteiger partial charge in [0.25, 0.3) is 0 Å². The molecule has 0 fully saturated rings. The number of amides is 2. The van der Waals surface area contributed by atoms with Gasteiger partial charge in [-0.2, -0.15) is 5.10 Å². The molecule has 0 aliphatic rings. The smallest absolute Gasteiger partial charge is 0.319 e. The third-order valence-corrected chi connectivity index (χ3v) is 3.33. The fourth-order valence-electron chi connectivity index (χ4n) is 2.04. The van der Waals surface area contributed by atoms with Crippen molar-refractivity contribution in [1.29, 1.82) is 0 Å². The first-order chi connectivity index (χ1) is 10.2. The highest BCUT2D eigenvalue weighted by molar-refractivity contribution is 5.88. The average molecular weight is 310 g/mol. The van der Waals surface area contributed by atoms with Crippen LogP contribution in [0.25, 0.3) is 0 Å². The number of nitrogens with one attached hydrogen (secondary N) is 2. The molecule has 0 bridgehead atoms. The number of carbonyl (C=O) groups excluding carboxylic acids is 1. The lowest BCUT2D eigenvalue weighted by Gasteiger charge is -2.24. The molecule has 6 heteroatoms. The zero-order chi connectivity index (χ0) is 16.8. The molecular formula is C16H30N4O2. The summed E-state index contributed by atoms with van der Waals surface area (Å²) in [6.07, 6.45) is 5.02. The Kier molecular flexibility index (Phi) is 6.87. The van der Waals surface area contributed by atoms with E-state index in [2.05, 4.69) is 43.4 Å². The van der Waals surface area contributed by atoms with Crippen molar-refractivity contribution in [2.45, 2.75) is 59.6 Å². The number of rotatable bonds is 8. The van der Waals surface area contributed by atoms with Gasteiger partial charge in [-0.3, -0.25) is 4.68 Å². The number of carbonyl (C=O) groups is 1. The van der Waals surface area contributed by atoms with Crippen LogP contribution in [0.5, 0.6) is 0 Å². The number of hydrogen-bond donors (Lipinski definition) is 3. The van der Waals surface area contributed by atoms with Crippen LogP contribution >= 0.6 is 0 Å². The maximum Gasteiger partial charge on any atom is 0.319 e. The number of aromatic nitrogens is 2. The molecular weight excluding hydrogens is 280 g/mol. The molecule has 22 heavy (non-hydrogen) atoms. The van der Waals surface area contributed by atoms with Crippen LogP contribution in [0.1, 0.15) is 47.5 Å². The lowest BCUT2D eigenvalue weighted by Crippen LogP contribution is -2.42. The Morgan fingerprint density at radius 1 is 1.36 bits per heavy atom. The van der Waals surface area contributed by atoms with Crippen molar-refractivity contribution >= 4 is 11.7 Å². The highest BCUT2D eigenvalue weighted by Crippen LogP contribution is 2.15. The maximum absolute atomic E-state index is 11.9. The molecule has 1 atom stereocenters. The van der Waals surface area contributed by atoms with Crippen LogP contribution in [0.2, 0.25) is 0 Å². The summed E-state index contributed by atoms with van der Waals surface area (Å²) in [5.41, 5.74) is -0.233. The Morgan fingerprint density at radius 2 is 2.05 bits per heavy atom. The normalized spacial score (nSPS) is 14.2. The third-order valence-electron chi connectivity index (χ3n) is 3.33. The molecule has 6 nitrogen and oxygen atoms in total. The van der Waals surface area contributed by atoms with E-state index < -0.39 is 5.60 Å². The van der Waals surface area contributed by atoms with Gasteiger partial charge in [0, 0.05) is 19.3 Å². The van der Waals surface area contributed by atoms with Crippen molar-refractivity contribution < 1.29 is 9.90 Å². The average Bonchev–Trinajstić information content (AvgIpc) is 2.81. The minimum Gasteiger partial charge on any atom is -0.388 e. The van der Waals surface area contributed by atoms with E-state index in [0.29, 0.717) is 23.9 Å². The van der Waals surface area contributed by atoms with Gasteiger partial charge in [0.05, 0.1) is 17.5 Å². The quantitative estimate of drug-likeness (QED) is 0.691. The van der Waals surface area contributed by atoms with Gasteiger partial charge < -0.3 is 15.7 Å². The lowest BCUT2D eigenvalue weighted by molar-refractivity contribution is 0.0481. The van der Waals surface area contributed by atoms with Gasteiger partial charge in [-0.1, -0.05) is 27.7 Å². The lowest BCUT2D eigenvalue weighted by atomic mass is 9.95. The number of urea groups is 1. The molecule has 1 rings (SSSR count). The second-order valence-corrected chi connectivity index (χ2v) is 7.08. The van der Waals surface area contributed by atoms with E-state index in [9.17, 15) is 9.90 Å². The standard InChI is InChI=1S/C16H30N4O2/c1-12(2)6-7-16(5,22)11-17-15(21)19-14-8-18-20(10-14)9-13(3)4/h8,10,12-13,22H,6-7,9,11H2,1-5H3,(H2,17,19,21). The van der Waals surface area contributed by atoms with E-state index in [0.717, 1.165) is 13.0 Å². The third kappa shape index (κ3) is 7.45. The van der Waals surface area contributed by atoms with Crippen molar-refractivity contribution in [1.82, 2.24) is 15.1 Å². The summed E-state index contributed by atoms with van der Waals surface area (Å²) in [5, 5.41) is 19.9. The largest absolute Gasteiger partial charge is 0.388 e. The van der Waals surface area contributed by atoms with Gasteiger partial charge in [0.2, 0.25) is 0 Å². The van der Waals surface area contributed by atoms with Gasteiger partial charge in [0.15, 0.2) is 0 Å². The van der Waals surface area contributed by atoms with E-state index in [1.807, 2.05) is 0 Å². The molecule has 0 aromatic carbocycles. The van der Waals surface area contributed by atoms with Crippen molar-refractivity contribution in [3.8, 4) is 0 Å². The Hall–Kier alpha value is -1.56. The number of hydrogen-bond acceptors (Lipinski definition) is 3. The predicted molar refractivity (Wildman–Crippen MR) is 88.8 cm³/mol. The minimum absolute atomic E-state index is 0.228. The molecule has 126 valence electrons. The summed E-state index contributed by atoms with van der Waals surface area (Å²) in [7, 11) is 0. The molecule has 0 aliphatic heterocycles. The van der Waals surface area contributed by atoms with Crippen LogP contribution in [0.3, 0.4) is 0 Å². The van der Waals surface area contributed by atoms with E-state index >= 15 is 0 Å². The molecule has 2 amide bonds. The fraction of sp³-hybridized carbons (Fsp3) is 0.750.